The minimum atomic E-state index is -3.87. The van der Waals surface area contributed by atoms with Crippen molar-refractivity contribution in [3.8, 4) is 0 Å². The lowest BCUT2D eigenvalue weighted by Gasteiger charge is -2.25. The van der Waals surface area contributed by atoms with Crippen molar-refractivity contribution in [1.82, 2.24) is 5.32 Å². The van der Waals surface area contributed by atoms with E-state index in [-0.39, 0.29) is 17.3 Å². The third-order valence-corrected chi connectivity index (χ3v) is 6.80. The number of aryl methyl sites for hydroxylation is 2. The molecule has 5 nitrogen and oxygen atoms in total. The van der Waals surface area contributed by atoms with Crippen molar-refractivity contribution in [2.24, 2.45) is 0 Å². The van der Waals surface area contributed by atoms with Gasteiger partial charge in [0, 0.05) is 6.54 Å². The first-order valence-electron chi connectivity index (χ1n) is 9.97. The third-order valence-electron chi connectivity index (χ3n) is 5.01. The SMILES string of the molecule is Cc1cc(C)cc(N(CC(=O)NCC2=CCCCC2)S(=O)(=O)c2ccccc2)c1. The molecule has 0 aliphatic heterocycles. The lowest BCUT2D eigenvalue weighted by Crippen LogP contribution is -2.41. The quantitative estimate of drug-likeness (QED) is 0.696. The summed E-state index contributed by atoms with van der Waals surface area (Å²) in [6.07, 6.45) is 6.53. The number of amides is 1. The van der Waals surface area contributed by atoms with Gasteiger partial charge in [-0.2, -0.15) is 0 Å². The smallest absolute Gasteiger partial charge is 0.264 e. The second-order valence-corrected chi connectivity index (χ2v) is 9.42. The van der Waals surface area contributed by atoms with Gasteiger partial charge in [-0.3, -0.25) is 9.10 Å². The van der Waals surface area contributed by atoms with E-state index in [1.807, 2.05) is 19.9 Å². The van der Waals surface area contributed by atoms with E-state index in [4.69, 9.17) is 0 Å². The monoisotopic (exact) mass is 412 g/mol. The number of nitrogens with zero attached hydrogens (tertiary/aromatic N) is 1. The van der Waals surface area contributed by atoms with E-state index in [2.05, 4.69) is 11.4 Å². The Morgan fingerprint density at radius 3 is 2.34 bits per heavy atom. The molecule has 0 bridgehead atoms. The number of hydrogen-bond acceptors (Lipinski definition) is 3. The standard InChI is InChI=1S/C23H28N2O3S/c1-18-13-19(2)15-21(14-18)25(29(27,28)22-11-7-4-8-12-22)17-23(26)24-16-20-9-5-3-6-10-20/h4,7-9,11-15H,3,5-6,10,16-17H2,1-2H3,(H,24,26). The number of allylic oxidation sites excluding steroid dienone is 1. The fraction of sp³-hybridized carbons (Fsp3) is 0.348. The van der Waals surface area contributed by atoms with Crippen LogP contribution in [0.25, 0.3) is 0 Å². The predicted octanol–water partition coefficient (Wildman–Crippen LogP) is 4.12. The molecule has 0 atom stereocenters. The van der Waals surface area contributed by atoms with Crippen LogP contribution in [0.1, 0.15) is 36.8 Å². The maximum absolute atomic E-state index is 13.3. The minimum Gasteiger partial charge on any atom is -0.351 e. The third kappa shape index (κ3) is 5.48. The molecule has 0 spiro atoms. The number of carbonyl (C=O) groups is 1. The van der Waals surface area contributed by atoms with Crippen molar-refractivity contribution in [1.29, 1.82) is 0 Å². The summed E-state index contributed by atoms with van der Waals surface area (Å²) >= 11 is 0. The van der Waals surface area contributed by atoms with Crippen molar-refractivity contribution >= 4 is 21.6 Å². The van der Waals surface area contributed by atoms with Crippen LogP contribution >= 0.6 is 0 Å². The van der Waals surface area contributed by atoms with E-state index in [1.54, 1.807) is 42.5 Å². The van der Waals surface area contributed by atoms with E-state index in [0.717, 1.165) is 30.4 Å². The zero-order valence-electron chi connectivity index (χ0n) is 17.0. The minimum absolute atomic E-state index is 0.168. The van der Waals surface area contributed by atoms with E-state index >= 15 is 0 Å². The van der Waals surface area contributed by atoms with Crippen LogP contribution in [-0.4, -0.2) is 27.4 Å². The molecule has 0 saturated heterocycles. The highest BCUT2D eigenvalue weighted by atomic mass is 32.2. The molecular weight excluding hydrogens is 384 g/mol. The molecule has 1 amide bonds. The zero-order chi connectivity index (χ0) is 20.9. The molecule has 1 aliphatic rings. The van der Waals surface area contributed by atoms with E-state index in [0.29, 0.717) is 12.2 Å². The number of carbonyl (C=O) groups excluding carboxylic acids is 1. The Bertz CT molecular complexity index is 978. The van der Waals surface area contributed by atoms with Crippen LogP contribution in [-0.2, 0) is 14.8 Å². The topological polar surface area (TPSA) is 66.5 Å². The summed E-state index contributed by atoms with van der Waals surface area (Å²) in [5.74, 6) is -0.310. The summed E-state index contributed by atoms with van der Waals surface area (Å²) in [4.78, 5) is 12.8. The molecular formula is C23H28N2O3S. The van der Waals surface area contributed by atoms with Crippen LogP contribution in [0.5, 0.6) is 0 Å². The van der Waals surface area contributed by atoms with Crippen LogP contribution in [0.15, 0.2) is 65.1 Å². The molecule has 0 unspecified atom stereocenters. The average Bonchev–Trinajstić information content (AvgIpc) is 2.71. The number of anilines is 1. The van der Waals surface area contributed by atoms with E-state index in [1.165, 1.54) is 16.3 Å². The van der Waals surface area contributed by atoms with Gasteiger partial charge in [-0.15, -0.1) is 0 Å². The highest BCUT2D eigenvalue weighted by Crippen LogP contribution is 2.25. The molecule has 6 heteroatoms. The number of rotatable bonds is 7. The fourth-order valence-electron chi connectivity index (χ4n) is 3.59. The first-order chi connectivity index (χ1) is 13.9. The summed E-state index contributed by atoms with van der Waals surface area (Å²) in [5, 5.41) is 2.89. The van der Waals surface area contributed by atoms with Crippen molar-refractivity contribution in [2.45, 2.75) is 44.4 Å². The summed E-state index contributed by atoms with van der Waals surface area (Å²) in [6, 6.07) is 13.8. The molecule has 1 aliphatic carbocycles. The van der Waals surface area contributed by atoms with Crippen molar-refractivity contribution in [2.75, 3.05) is 17.4 Å². The molecule has 154 valence electrons. The first kappa shape index (κ1) is 21.1. The Labute approximate surface area is 173 Å². The van der Waals surface area contributed by atoms with Crippen molar-refractivity contribution in [3.05, 3.63) is 71.3 Å². The zero-order valence-corrected chi connectivity index (χ0v) is 17.8. The summed E-state index contributed by atoms with van der Waals surface area (Å²) < 4.78 is 27.9. The maximum atomic E-state index is 13.3. The predicted molar refractivity (Wildman–Crippen MR) is 116 cm³/mol. The Morgan fingerprint density at radius 1 is 1.03 bits per heavy atom. The summed E-state index contributed by atoms with van der Waals surface area (Å²) in [6.45, 7) is 4.05. The second kappa shape index (κ2) is 9.27. The Hall–Kier alpha value is -2.60. The molecule has 2 aromatic carbocycles. The fourth-order valence-corrected chi connectivity index (χ4v) is 5.02. The summed E-state index contributed by atoms with van der Waals surface area (Å²) in [5.41, 5.74) is 3.61. The number of benzene rings is 2. The Balaban J connectivity index is 1.86. The van der Waals surface area contributed by atoms with Crippen molar-refractivity contribution in [3.63, 3.8) is 0 Å². The molecule has 0 saturated carbocycles. The molecule has 0 aromatic heterocycles. The Morgan fingerprint density at radius 2 is 1.72 bits per heavy atom. The number of sulfonamides is 1. The first-order valence-corrected chi connectivity index (χ1v) is 11.4. The molecule has 1 N–H and O–H groups in total. The largest absolute Gasteiger partial charge is 0.351 e. The highest BCUT2D eigenvalue weighted by molar-refractivity contribution is 7.92. The van der Waals surface area contributed by atoms with Crippen LogP contribution in [0, 0.1) is 13.8 Å². The van der Waals surface area contributed by atoms with E-state index in [9.17, 15) is 13.2 Å². The highest BCUT2D eigenvalue weighted by Gasteiger charge is 2.27. The van der Waals surface area contributed by atoms with Gasteiger partial charge in [-0.1, -0.05) is 35.9 Å². The van der Waals surface area contributed by atoms with Crippen LogP contribution in [0.3, 0.4) is 0 Å². The van der Waals surface area contributed by atoms with Gasteiger partial charge in [-0.05, 0) is 74.9 Å². The lowest BCUT2D eigenvalue weighted by atomic mass is 10.00. The van der Waals surface area contributed by atoms with Gasteiger partial charge in [0.05, 0.1) is 10.6 Å². The molecule has 2 aromatic rings. The van der Waals surface area contributed by atoms with Crippen LogP contribution < -0.4 is 9.62 Å². The lowest BCUT2D eigenvalue weighted by molar-refractivity contribution is -0.119. The van der Waals surface area contributed by atoms with Gasteiger partial charge in [0.2, 0.25) is 5.91 Å². The average molecular weight is 413 g/mol. The van der Waals surface area contributed by atoms with Crippen LogP contribution in [0.2, 0.25) is 0 Å². The van der Waals surface area contributed by atoms with Gasteiger partial charge in [0.15, 0.2) is 0 Å². The second-order valence-electron chi connectivity index (χ2n) is 7.56. The Kier molecular flexibility index (Phi) is 6.75. The van der Waals surface area contributed by atoms with Gasteiger partial charge in [-0.25, -0.2) is 8.42 Å². The van der Waals surface area contributed by atoms with Gasteiger partial charge in [0.25, 0.3) is 10.0 Å². The number of hydrogen-bond donors (Lipinski definition) is 1. The van der Waals surface area contributed by atoms with Gasteiger partial charge in [0.1, 0.15) is 6.54 Å². The molecule has 3 rings (SSSR count). The van der Waals surface area contributed by atoms with E-state index < -0.39 is 10.0 Å². The summed E-state index contributed by atoms with van der Waals surface area (Å²) in [7, 11) is -3.87. The van der Waals surface area contributed by atoms with Gasteiger partial charge >= 0.3 is 0 Å². The molecule has 0 radical (unpaired) electrons. The normalized spacial score (nSPS) is 14.2. The molecule has 0 heterocycles. The molecule has 0 fully saturated rings. The maximum Gasteiger partial charge on any atom is 0.264 e. The number of nitrogens with one attached hydrogen (secondary N) is 1. The molecule has 29 heavy (non-hydrogen) atoms. The van der Waals surface area contributed by atoms with Crippen molar-refractivity contribution < 1.29 is 13.2 Å². The van der Waals surface area contributed by atoms with Crippen LogP contribution in [0.4, 0.5) is 5.69 Å². The van der Waals surface area contributed by atoms with Gasteiger partial charge < -0.3 is 5.32 Å².